The zero-order valence-corrected chi connectivity index (χ0v) is 14.5. The highest BCUT2D eigenvalue weighted by molar-refractivity contribution is 5.89. The average molecular weight is 333 g/mol. The Hall–Kier alpha value is -3.06. The van der Waals surface area contributed by atoms with Gasteiger partial charge in [-0.15, -0.1) is 0 Å². The molecule has 0 fully saturated rings. The number of fused-ring (bicyclic) bond motifs is 1. The molecular formula is C21H19NO3. The first-order valence-electron chi connectivity index (χ1n) is 8.16. The van der Waals surface area contributed by atoms with E-state index in [1.807, 2.05) is 45.0 Å². The van der Waals surface area contributed by atoms with E-state index in [4.69, 9.17) is 14.7 Å². The molecule has 0 saturated heterocycles. The minimum atomic E-state index is -0.523. The Morgan fingerprint density at radius 2 is 1.96 bits per heavy atom. The number of nitrogens with zero attached hydrogens (tertiary/aromatic N) is 1. The minimum absolute atomic E-state index is 0.481. The van der Waals surface area contributed by atoms with Crippen molar-refractivity contribution in [2.24, 2.45) is 0 Å². The lowest BCUT2D eigenvalue weighted by molar-refractivity contribution is 0.112. The van der Waals surface area contributed by atoms with Crippen LogP contribution in [-0.2, 0) is 0 Å². The van der Waals surface area contributed by atoms with Gasteiger partial charge in [0.05, 0.1) is 18.2 Å². The third-order valence-corrected chi connectivity index (χ3v) is 3.99. The first kappa shape index (κ1) is 16.8. The van der Waals surface area contributed by atoms with E-state index in [0.29, 0.717) is 29.2 Å². The van der Waals surface area contributed by atoms with Crippen molar-refractivity contribution in [2.75, 3.05) is 6.61 Å². The van der Waals surface area contributed by atoms with E-state index in [2.05, 4.69) is 6.07 Å². The Kier molecular flexibility index (Phi) is 4.33. The maximum atomic E-state index is 11.4. The molecule has 0 N–H and O–H groups in total. The number of carbonyl (C=O) groups is 1. The predicted octanol–water partition coefficient (Wildman–Crippen LogP) is 4.37. The molecule has 0 atom stereocenters. The summed E-state index contributed by atoms with van der Waals surface area (Å²) in [6, 6.07) is 13.0. The number of hydrogen-bond acceptors (Lipinski definition) is 4. The molecule has 4 nitrogen and oxygen atoms in total. The Morgan fingerprint density at radius 1 is 1.24 bits per heavy atom. The number of carbonyl (C=O) groups excluding carboxylic acids is 1. The summed E-state index contributed by atoms with van der Waals surface area (Å²) in [4.78, 5) is 11.4. The Morgan fingerprint density at radius 3 is 2.56 bits per heavy atom. The maximum Gasteiger partial charge on any atom is 0.170 e. The lowest BCUT2D eigenvalue weighted by Gasteiger charge is -2.32. The van der Waals surface area contributed by atoms with Crippen molar-refractivity contribution in [3.8, 4) is 17.6 Å². The first-order chi connectivity index (χ1) is 12.0. The van der Waals surface area contributed by atoms with Gasteiger partial charge in [-0.25, -0.2) is 0 Å². The van der Waals surface area contributed by atoms with Crippen LogP contribution in [0.5, 0.6) is 11.5 Å². The fraction of sp³-hybridized carbons (Fsp3) is 0.238. The Labute approximate surface area is 147 Å². The van der Waals surface area contributed by atoms with Gasteiger partial charge in [0, 0.05) is 11.1 Å². The lowest BCUT2D eigenvalue weighted by Crippen LogP contribution is -2.29. The number of nitriles is 1. The molecule has 2 aromatic rings. The maximum absolute atomic E-state index is 11.4. The number of hydrogen-bond donors (Lipinski definition) is 0. The topological polar surface area (TPSA) is 59.3 Å². The summed E-state index contributed by atoms with van der Waals surface area (Å²) in [7, 11) is 0. The van der Waals surface area contributed by atoms with Gasteiger partial charge in [0.1, 0.15) is 11.9 Å². The summed E-state index contributed by atoms with van der Waals surface area (Å²) < 4.78 is 11.8. The number of aldehydes is 1. The molecule has 0 spiro atoms. The number of rotatable bonds is 4. The van der Waals surface area contributed by atoms with Crippen molar-refractivity contribution in [3.63, 3.8) is 0 Å². The van der Waals surface area contributed by atoms with Gasteiger partial charge in [-0.1, -0.05) is 12.1 Å². The van der Waals surface area contributed by atoms with Crippen LogP contribution in [0.25, 0.3) is 5.57 Å². The molecule has 0 aromatic heterocycles. The van der Waals surface area contributed by atoms with Crippen molar-refractivity contribution in [2.45, 2.75) is 26.4 Å². The molecule has 126 valence electrons. The largest absolute Gasteiger partial charge is 0.490 e. The van der Waals surface area contributed by atoms with Gasteiger partial charge in [-0.05, 0) is 62.2 Å². The van der Waals surface area contributed by atoms with E-state index < -0.39 is 5.60 Å². The highest BCUT2D eigenvalue weighted by atomic mass is 16.5. The zero-order chi connectivity index (χ0) is 18.0. The second-order valence-electron chi connectivity index (χ2n) is 6.40. The quantitative estimate of drug-likeness (QED) is 0.780. The van der Waals surface area contributed by atoms with Crippen LogP contribution in [0.2, 0.25) is 0 Å². The summed E-state index contributed by atoms with van der Waals surface area (Å²) in [6.45, 7) is 6.33. The zero-order valence-electron chi connectivity index (χ0n) is 14.5. The van der Waals surface area contributed by atoms with E-state index in [1.165, 1.54) is 0 Å². The van der Waals surface area contributed by atoms with E-state index in [-0.39, 0.29) is 0 Å². The molecule has 0 radical (unpaired) electrons. The standard InChI is InChI=1S/C21H19NO3/c1-4-24-19-10-15(13-23)9-17-18(11-21(2,3)25-20(17)19)16-7-5-14(12-22)6-8-16/h5-11,13H,4H2,1-3H3. The van der Waals surface area contributed by atoms with Crippen molar-refractivity contribution in [3.05, 3.63) is 64.7 Å². The van der Waals surface area contributed by atoms with Gasteiger partial charge in [-0.3, -0.25) is 4.79 Å². The summed E-state index contributed by atoms with van der Waals surface area (Å²) in [5, 5.41) is 9.00. The van der Waals surface area contributed by atoms with E-state index in [9.17, 15) is 4.79 Å². The van der Waals surface area contributed by atoms with Crippen LogP contribution in [0.4, 0.5) is 0 Å². The second kappa shape index (κ2) is 6.45. The van der Waals surface area contributed by atoms with Crippen molar-refractivity contribution in [1.82, 2.24) is 0 Å². The van der Waals surface area contributed by atoms with E-state index in [1.54, 1.807) is 18.2 Å². The number of ether oxygens (including phenoxy) is 2. The van der Waals surface area contributed by atoms with Gasteiger partial charge in [0.15, 0.2) is 11.5 Å². The van der Waals surface area contributed by atoms with Crippen LogP contribution in [0.3, 0.4) is 0 Å². The van der Waals surface area contributed by atoms with Crippen LogP contribution in [0.15, 0.2) is 42.5 Å². The van der Waals surface area contributed by atoms with Gasteiger partial charge >= 0.3 is 0 Å². The molecule has 3 rings (SSSR count). The predicted molar refractivity (Wildman–Crippen MR) is 95.9 cm³/mol. The molecule has 0 aliphatic carbocycles. The third kappa shape index (κ3) is 3.27. The Bertz CT molecular complexity index is 887. The summed E-state index contributed by atoms with van der Waals surface area (Å²) >= 11 is 0. The van der Waals surface area contributed by atoms with E-state index >= 15 is 0 Å². The molecule has 1 aliphatic heterocycles. The fourth-order valence-electron chi connectivity index (χ4n) is 2.94. The van der Waals surface area contributed by atoms with Crippen molar-refractivity contribution in [1.29, 1.82) is 5.26 Å². The van der Waals surface area contributed by atoms with Gasteiger partial charge in [0.25, 0.3) is 0 Å². The average Bonchev–Trinajstić information content (AvgIpc) is 2.61. The van der Waals surface area contributed by atoms with Crippen LogP contribution < -0.4 is 9.47 Å². The highest BCUT2D eigenvalue weighted by Gasteiger charge is 2.30. The van der Waals surface area contributed by atoms with Crippen molar-refractivity contribution < 1.29 is 14.3 Å². The summed E-state index contributed by atoms with van der Waals surface area (Å²) in [5.41, 5.74) is 3.35. The summed E-state index contributed by atoms with van der Waals surface area (Å²) in [6.07, 6.45) is 2.83. The SMILES string of the molecule is CCOc1cc(C=O)cc2c1OC(C)(C)C=C2c1ccc(C#N)cc1. The highest BCUT2D eigenvalue weighted by Crippen LogP contribution is 2.45. The summed E-state index contributed by atoms with van der Waals surface area (Å²) in [5.74, 6) is 1.20. The molecule has 4 heteroatoms. The third-order valence-electron chi connectivity index (χ3n) is 3.99. The molecule has 1 heterocycles. The fourth-order valence-corrected chi connectivity index (χ4v) is 2.94. The monoisotopic (exact) mass is 333 g/mol. The van der Waals surface area contributed by atoms with Crippen LogP contribution in [-0.4, -0.2) is 18.5 Å². The van der Waals surface area contributed by atoms with Gasteiger partial charge < -0.3 is 9.47 Å². The van der Waals surface area contributed by atoms with Crippen LogP contribution in [0, 0.1) is 11.3 Å². The normalized spacial score (nSPS) is 14.6. The van der Waals surface area contributed by atoms with Crippen molar-refractivity contribution >= 4 is 11.9 Å². The molecule has 1 aliphatic rings. The molecule has 0 unspecified atom stereocenters. The molecule has 0 saturated carbocycles. The molecule has 0 amide bonds. The molecule has 25 heavy (non-hydrogen) atoms. The molecular weight excluding hydrogens is 314 g/mol. The van der Waals surface area contributed by atoms with Gasteiger partial charge in [-0.2, -0.15) is 5.26 Å². The lowest BCUT2D eigenvalue weighted by atomic mass is 9.88. The molecule has 2 aromatic carbocycles. The minimum Gasteiger partial charge on any atom is -0.490 e. The molecule has 0 bridgehead atoms. The Balaban J connectivity index is 2.22. The smallest absolute Gasteiger partial charge is 0.170 e. The second-order valence-corrected chi connectivity index (χ2v) is 6.40. The number of benzene rings is 2. The van der Waals surface area contributed by atoms with Crippen LogP contribution in [0.1, 0.15) is 47.8 Å². The van der Waals surface area contributed by atoms with Gasteiger partial charge in [0.2, 0.25) is 0 Å². The first-order valence-corrected chi connectivity index (χ1v) is 8.16. The van der Waals surface area contributed by atoms with E-state index in [0.717, 1.165) is 23.0 Å². The van der Waals surface area contributed by atoms with Crippen LogP contribution >= 0.6 is 0 Å².